The van der Waals surface area contributed by atoms with Crippen LogP contribution >= 0.6 is 0 Å². The first kappa shape index (κ1) is 21.6. The number of esters is 1. The molecule has 8 heteroatoms. The average Bonchev–Trinajstić information content (AvgIpc) is 2.69. The third-order valence-corrected chi connectivity index (χ3v) is 3.58. The summed E-state index contributed by atoms with van der Waals surface area (Å²) in [4.78, 5) is 35.0. The molecular formula is C21H23N3O5. The topological polar surface area (TPSA) is 106 Å². The maximum Gasteiger partial charge on any atom is 0.344 e. The molecule has 0 bridgehead atoms. The Morgan fingerprint density at radius 2 is 1.83 bits per heavy atom. The van der Waals surface area contributed by atoms with Crippen LogP contribution < -0.4 is 15.5 Å². The SMILES string of the molecule is CCOC(=O)COc1cccc(C=NNC(=O)CC(=O)Nc2ccc(C)cc2)c1. The van der Waals surface area contributed by atoms with Gasteiger partial charge < -0.3 is 14.8 Å². The maximum absolute atomic E-state index is 11.9. The van der Waals surface area contributed by atoms with Crippen molar-refractivity contribution in [2.24, 2.45) is 5.10 Å². The van der Waals surface area contributed by atoms with Gasteiger partial charge in [0.25, 0.3) is 0 Å². The Hall–Kier alpha value is -3.68. The molecule has 0 saturated heterocycles. The summed E-state index contributed by atoms with van der Waals surface area (Å²) in [6, 6.07) is 14.1. The second-order valence-electron chi connectivity index (χ2n) is 6.05. The van der Waals surface area contributed by atoms with Crippen molar-refractivity contribution in [1.82, 2.24) is 5.43 Å². The maximum atomic E-state index is 11.9. The lowest BCUT2D eigenvalue weighted by molar-refractivity contribution is -0.145. The van der Waals surface area contributed by atoms with E-state index in [2.05, 4.69) is 15.8 Å². The zero-order chi connectivity index (χ0) is 21.1. The van der Waals surface area contributed by atoms with Crippen LogP contribution in [-0.4, -0.2) is 37.2 Å². The summed E-state index contributed by atoms with van der Waals surface area (Å²) in [7, 11) is 0. The molecule has 0 aliphatic carbocycles. The molecule has 2 N–H and O–H groups in total. The van der Waals surface area contributed by atoms with Gasteiger partial charge in [-0.05, 0) is 43.7 Å². The standard InChI is InChI=1S/C21H23N3O5/c1-3-28-21(27)14-29-18-6-4-5-16(11-18)13-22-24-20(26)12-19(25)23-17-9-7-15(2)8-10-17/h4-11,13H,3,12,14H2,1-2H3,(H,23,25)(H,24,26). The third-order valence-electron chi connectivity index (χ3n) is 3.58. The highest BCUT2D eigenvalue weighted by Gasteiger charge is 2.09. The lowest BCUT2D eigenvalue weighted by Crippen LogP contribution is -2.24. The number of nitrogens with zero attached hydrogens (tertiary/aromatic N) is 1. The van der Waals surface area contributed by atoms with Crippen molar-refractivity contribution in [2.75, 3.05) is 18.5 Å². The van der Waals surface area contributed by atoms with Crippen LogP contribution in [0.3, 0.4) is 0 Å². The molecule has 0 radical (unpaired) electrons. The van der Waals surface area contributed by atoms with Gasteiger partial charge in [0.2, 0.25) is 11.8 Å². The van der Waals surface area contributed by atoms with E-state index in [0.29, 0.717) is 17.0 Å². The molecule has 8 nitrogen and oxygen atoms in total. The Labute approximate surface area is 168 Å². The van der Waals surface area contributed by atoms with E-state index in [9.17, 15) is 14.4 Å². The van der Waals surface area contributed by atoms with Crippen molar-refractivity contribution in [2.45, 2.75) is 20.3 Å². The summed E-state index contributed by atoms with van der Waals surface area (Å²) in [5.74, 6) is -0.968. The smallest absolute Gasteiger partial charge is 0.344 e. The summed E-state index contributed by atoms with van der Waals surface area (Å²) in [6.07, 6.45) is 1.06. The quantitative estimate of drug-likeness (QED) is 0.293. The van der Waals surface area contributed by atoms with E-state index in [4.69, 9.17) is 9.47 Å². The zero-order valence-corrected chi connectivity index (χ0v) is 16.3. The van der Waals surface area contributed by atoms with E-state index in [0.717, 1.165) is 5.56 Å². The van der Waals surface area contributed by atoms with E-state index >= 15 is 0 Å². The fourth-order valence-electron chi connectivity index (χ4n) is 2.24. The van der Waals surface area contributed by atoms with Crippen LogP contribution in [0.5, 0.6) is 5.75 Å². The molecule has 29 heavy (non-hydrogen) atoms. The molecule has 152 valence electrons. The van der Waals surface area contributed by atoms with E-state index in [1.165, 1.54) is 6.21 Å². The predicted molar refractivity (Wildman–Crippen MR) is 109 cm³/mol. The molecule has 2 aromatic carbocycles. The summed E-state index contributed by atoms with van der Waals surface area (Å²) >= 11 is 0. The number of amides is 2. The zero-order valence-electron chi connectivity index (χ0n) is 16.3. The third kappa shape index (κ3) is 8.25. The lowest BCUT2D eigenvalue weighted by atomic mass is 10.2. The Bertz CT molecular complexity index is 878. The first-order valence-electron chi connectivity index (χ1n) is 9.03. The second-order valence-corrected chi connectivity index (χ2v) is 6.05. The van der Waals surface area contributed by atoms with Gasteiger partial charge in [0.05, 0.1) is 12.8 Å². The first-order valence-corrected chi connectivity index (χ1v) is 9.03. The fourth-order valence-corrected chi connectivity index (χ4v) is 2.24. The van der Waals surface area contributed by atoms with Crippen molar-refractivity contribution < 1.29 is 23.9 Å². The lowest BCUT2D eigenvalue weighted by Gasteiger charge is -2.06. The molecule has 0 spiro atoms. The van der Waals surface area contributed by atoms with Gasteiger partial charge >= 0.3 is 5.97 Å². The largest absolute Gasteiger partial charge is 0.482 e. The van der Waals surface area contributed by atoms with Crippen LogP contribution in [0.25, 0.3) is 0 Å². The number of carbonyl (C=O) groups is 3. The van der Waals surface area contributed by atoms with Crippen LogP contribution in [0.1, 0.15) is 24.5 Å². The number of carbonyl (C=O) groups excluding carboxylic acids is 3. The summed E-state index contributed by atoms with van der Waals surface area (Å²) in [5, 5.41) is 6.47. The molecule has 2 aromatic rings. The van der Waals surface area contributed by atoms with Gasteiger partial charge in [0.15, 0.2) is 6.61 Å². The number of hydrazone groups is 1. The molecule has 0 aliphatic rings. The van der Waals surface area contributed by atoms with E-state index in [1.807, 2.05) is 19.1 Å². The Kier molecular flexibility index (Phi) is 8.37. The monoisotopic (exact) mass is 397 g/mol. The van der Waals surface area contributed by atoms with Gasteiger partial charge in [-0.1, -0.05) is 29.8 Å². The summed E-state index contributed by atoms with van der Waals surface area (Å²) in [5.41, 5.74) is 4.64. The van der Waals surface area contributed by atoms with Gasteiger partial charge in [-0.2, -0.15) is 5.10 Å². The normalized spacial score (nSPS) is 10.4. The second kappa shape index (κ2) is 11.2. The first-order chi connectivity index (χ1) is 14.0. The van der Waals surface area contributed by atoms with Crippen LogP contribution in [0.15, 0.2) is 53.6 Å². The Balaban J connectivity index is 1.78. The highest BCUT2D eigenvalue weighted by Crippen LogP contribution is 2.12. The minimum atomic E-state index is -0.541. The molecule has 0 atom stereocenters. The van der Waals surface area contributed by atoms with Gasteiger partial charge in [-0.25, -0.2) is 10.2 Å². The van der Waals surface area contributed by atoms with E-state index < -0.39 is 17.8 Å². The van der Waals surface area contributed by atoms with Gasteiger partial charge in [0.1, 0.15) is 12.2 Å². The molecule has 0 unspecified atom stereocenters. The number of rotatable bonds is 9. The number of aryl methyl sites for hydroxylation is 1. The van der Waals surface area contributed by atoms with Crippen molar-refractivity contribution in [3.63, 3.8) is 0 Å². The molecule has 2 amide bonds. The summed E-state index contributed by atoms with van der Waals surface area (Å²) in [6.45, 7) is 3.76. The number of hydrogen-bond donors (Lipinski definition) is 2. The van der Waals surface area contributed by atoms with Crippen LogP contribution in [0.2, 0.25) is 0 Å². The number of nitrogens with one attached hydrogen (secondary N) is 2. The fraction of sp³-hybridized carbons (Fsp3) is 0.238. The average molecular weight is 397 g/mol. The number of benzene rings is 2. The summed E-state index contributed by atoms with van der Waals surface area (Å²) < 4.78 is 10.1. The minimum Gasteiger partial charge on any atom is -0.482 e. The van der Waals surface area contributed by atoms with Crippen molar-refractivity contribution >= 4 is 29.7 Å². The van der Waals surface area contributed by atoms with Crippen molar-refractivity contribution in [3.05, 3.63) is 59.7 Å². The molecule has 2 rings (SSSR count). The molecule has 0 heterocycles. The van der Waals surface area contributed by atoms with Gasteiger partial charge in [-0.3, -0.25) is 9.59 Å². The molecule has 0 aliphatic heterocycles. The molecule has 0 saturated carbocycles. The van der Waals surface area contributed by atoms with Gasteiger partial charge in [0, 0.05) is 5.69 Å². The Morgan fingerprint density at radius 3 is 2.55 bits per heavy atom. The van der Waals surface area contributed by atoms with E-state index in [-0.39, 0.29) is 19.6 Å². The molecule has 0 fully saturated rings. The molecular weight excluding hydrogens is 374 g/mol. The highest BCUT2D eigenvalue weighted by molar-refractivity contribution is 6.03. The van der Waals surface area contributed by atoms with Crippen LogP contribution in [-0.2, 0) is 19.1 Å². The number of ether oxygens (including phenoxy) is 2. The molecule has 0 aromatic heterocycles. The predicted octanol–water partition coefficient (Wildman–Crippen LogP) is 2.42. The number of hydrogen-bond acceptors (Lipinski definition) is 6. The van der Waals surface area contributed by atoms with Gasteiger partial charge in [-0.15, -0.1) is 0 Å². The van der Waals surface area contributed by atoms with Crippen molar-refractivity contribution in [3.8, 4) is 5.75 Å². The van der Waals surface area contributed by atoms with Crippen LogP contribution in [0, 0.1) is 6.92 Å². The minimum absolute atomic E-state index is 0.193. The number of anilines is 1. The van der Waals surface area contributed by atoms with Crippen LogP contribution in [0.4, 0.5) is 5.69 Å². The highest BCUT2D eigenvalue weighted by atomic mass is 16.6. The van der Waals surface area contributed by atoms with Crippen molar-refractivity contribution in [1.29, 1.82) is 0 Å². The Morgan fingerprint density at radius 1 is 1.07 bits per heavy atom. The van der Waals surface area contributed by atoms with E-state index in [1.54, 1.807) is 43.3 Å².